The first kappa shape index (κ1) is 8.42. The lowest BCUT2D eigenvalue weighted by atomic mass is 10.5. The van der Waals surface area contributed by atoms with E-state index in [0.29, 0.717) is 18.3 Å². The number of hydrogen-bond acceptors (Lipinski definition) is 5. The predicted octanol–water partition coefficient (Wildman–Crippen LogP) is 0.786. The molecule has 0 aliphatic carbocycles. The molecule has 0 aromatic carbocycles. The van der Waals surface area contributed by atoms with E-state index in [1.165, 1.54) is 11.3 Å². The van der Waals surface area contributed by atoms with Gasteiger partial charge < -0.3 is 10.5 Å². The van der Waals surface area contributed by atoms with Crippen LogP contribution >= 0.6 is 11.3 Å². The number of nitrogens with two attached hydrogens (primary N) is 1. The molecule has 0 amide bonds. The van der Waals surface area contributed by atoms with Gasteiger partial charge in [0.05, 0.1) is 6.61 Å². The van der Waals surface area contributed by atoms with Crippen molar-refractivity contribution in [3.05, 3.63) is 5.01 Å². The van der Waals surface area contributed by atoms with Crippen LogP contribution in [0.1, 0.15) is 18.4 Å². The summed E-state index contributed by atoms with van der Waals surface area (Å²) in [5.41, 5.74) is 5.34. The molecule has 0 radical (unpaired) electrons. The topological polar surface area (TPSA) is 61.0 Å². The van der Waals surface area contributed by atoms with E-state index < -0.39 is 0 Å². The average molecular weight is 173 g/mol. The van der Waals surface area contributed by atoms with Gasteiger partial charge in [0.15, 0.2) is 0 Å². The summed E-state index contributed by atoms with van der Waals surface area (Å²) in [6, 6.07) is 0. The minimum atomic E-state index is 0.438. The molecule has 11 heavy (non-hydrogen) atoms. The number of aromatic nitrogens is 2. The molecule has 0 aliphatic rings. The summed E-state index contributed by atoms with van der Waals surface area (Å²) in [6.45, 7) is 3.18. The molecule has 1 heterocycles. The first-order valence-corrected chi connectivity index (χ1v) is 4.33. The van der Waals surface area contributed by atoms with Gasteiger partial charge in [-0.25, -0.2) is 0 Å². The van der Waals surface area contributed by atoms with Crippen LogP contribution in [0.2, 0.25) is 0 Å². The molecule has 1 rings (SSSR count). The molecule has 0 saturated carbocycles. The summed E-state index contributed by atoms with van der Waals surface area (Å²) in [7, 11) is 0. The van der Waals surface area contributed by atoms with E-state index in [1.807, 2.05) is 6.92 Å². The monoisotopic (exact) mass is 173 g/mol. The molecule has 0 fully saturated rings. The Balaban J connectivity index is 2.44. The van der Waals surface area contributed by atoms with Crippen LogP contribution in [0.3, 0.4) is 0 Å². The Labute approximate surface area is 69.4 Å². The van der Waals surface area contributed by atoms with Crippen LogP contribution in [0.15, 0.2) is 0 Å². The molecule has 62 valence electrons. The molecule has 5 heteroatoms. The molecule has 0 bridgehead atoms. The molecule has 0 unspecified atom stereocenters. The van der Waals surface area contributed by atoms with Crippen molar-refractivity contribution < 1.29 is 4.74 Å². The van der Waals surface area contributed by atoms with Crippen molar-refractivity contribution in [1.29, 1.82) is 0 Å². The lowest BCUT2D eigenvalue weighted by molar-refractivity contribution is 0.313. The van der Waals surface area contributed by atoms with E-state index in [0.717, 1.165) is 11.4 Å². The summed E-state index contributed by atoms with van der Waals surface area (Å²) in [5, 5.41) is 9.03. The summed E-state index contributed by atoms with van der Waals surface area (Å²) < 4.78 is 5.23. The minimum Gasteiger partial charge on any atom is -0.469 e. The number of ether oxygens (including phenoxy) is 1. The Morgan fingerprint density at radius 1 is 1.55 bits per heavy atom. The zero-order valence-corrected chi connectivity index (χ0v) is 7.23. The number of nitrogens with zero attached hydrogens (tertiary/aromatic N) is 2. The fourth-order valence-electron chi connectivity index (χ4n) is 0.568. The number of hydrogen-bond donors (Lipinski definition) is 1. The molecular formula is C6H11N3OS. The van der Waals surface area contributed by atoms with Gasteiger partial charge >= 0.3 is 0 Å². The maximum atomic E-state index is 5.34. The van der Waals surface area contributed by atoms with Gasteiger partial charge in [-0.1, -0.05) is 18.3 Å². The van der Waals surface area contributed by atoms with Crippen LogP contribution in [-0.4, -0.2) is 16.8 Å². The fraction of sp³-hybridized carbons (Fsp3) is 0.667. The highest BCUT2D eigenvalue weighted by Gasteiger charge is 2.01. The molecule has 1 aromatic rings. The van der Waals surface area contributed by atoms with Crippen LogP contribution < -0.4 is 10.5 Å². The van der Waals surface area contributed by atoms with Gasteiger partial charge in [-0.2, -0.15) is 0 Å². The Kier molecular flexibility index (Phi) is 3.25. The highest BCUT2D eigenvalue weighted by molar-refractivity contribution is 7.13. The smallest absolute Gasteiger partial charge is 0.294 e. The van der Waals surface area contributed by atoms with Crippen molar-refractivity contribution in [2.24, 2.45) is 5.73 Å². The zero-order valence-electron chi connectivity index (χ0n) is 6.41. The minimum absolute atomic E-state index is 0.438. The van der Waals surface area contributed by atoms with Gasteiger partial charge in [0, 0.05) is 6.54 Å². The van der Waals surface area contributed by atoms with E-state index in [2.05, 4.69) is 10.2 Å². The van der Waals surface area contributed by atoms with Crippen LogP contribution in [0.4, 0.5) is 0 Å². The Morgan fingerprint density at radius 3 is 2.91 bits per heavy atom. The highest BCUT2D eigenvalue weighted by atomic mass is 32.1. The third-order valence-corrected chi connectivity index (χ3v) is 1.91. The first-order chi connectivity index (χ1) is 5.36. The standard InChI is InChI=1S/C6H11N3OS/c1-2-3-10-6-9-8-5(4-7)11-6/h2-4,7H2,1H3. The molecular weight excluding hydrogens is 162 g/mol. The van der Waals surface area contributed by atoms with Crippen LogP contribution in [-0.2, 0) is 6.54 Å². The quantitative estimate of drug-likeness (QED) is 0.731. The van der Waals surface area contributed by atoms with Gasteiger partial charge in [-0.3, -0.25) is 0 Å². The molecule has 2 N–H and O–H groups in total. The molecule has 4 nitrogen and oxygen atoms in total. The molecule has 1 aromatic heterocycles. The van der Waals surface area contributed by atoms with E-state index in [9.17, 15) is 0 Å². The van der Waals surface area contributed by atoms with Crippen molar-refractivity contribution in [3.63, 3.8) is 0 Å². The third-order valence-electron chi connectivity index (χ3n) is 1.05. The molecule has 0 saturated heterocycles. The summed E-state index contributed by atoms with van der Waals surface area (Å²) >= 11 is 1.40. The Hall–Kier alpha value is -0.680. The van der Waals surface area contributed by atoms with Gasteiger partial charge in [-0.15, -0.1) is 10.2 Å². The second-order valence-corrected chi connectivity index (χ2v) is 3.04. The van der Waals surface area contributed by atoms with Crippen molar-refractivity contribution >= 4 is 11.3 Å². The second-order valence-electron chi connectivity index (χ2n) is 2.01. The SMILES string of the molecule is CCCOc1nnc(CN)s1. The first-order valence-electron chi connectivity index (χ1n) is 3.52. The normalized spacial score (nSPS) is 10.0. The van der Waals surface area contributed by atoms with Crippen molar-refractivity contribution in [1.82, 2.24) is 10.2 Å². The van der Waals surface area contributed by atoms with E-state index in [1.54, 1.807) is 0 Å². The maximum absolute atomic E-state index is 5.34. The molecule has 0 atom stereocenters. The maximum Gasteiger partial charge on any atom is 0.294 e. The Bertz CT molecular complexity index is 213. The van der Waals surface area contributed by atoms with Gasteiger partial charge in [0.25, 0.3) is 5.19 Å². The molecule has 0 spiro atoms. The van der Waals surface area contributed by atoms with Gasteiger partial charge in [-0.05, 0) is 6.42 Å². The highest BCUT2D eigenvalue weighted by Crippen LogP contribution is 2.16. The lowest BCUT2D eigenvalue weighted by Crippen LogP contribution is -1.94. The van der Waals surface area contributed by atoms with Crippen LogP contribution in [0.5, 0.6) is 5.19 Å². The van der Waals surface area contributed by atoms with Crippen LogP contribution in [0, 0.1) is 0 Å². The third kappa shape index (κ3) is 2.44. The second kappa shape index (κ2) is 4.25. The van der Waals surface area contributed by atoms with E-state index >= 15 is 0 Å². The van der Waals surface area contributed by atoms with Crippen molar-refractivity contribution in [2.45, 2.75) is 19.9 Å². The lowest BCUT2D eigenvalue weighted by Gasteiger charge is -1.94. The van der Waals surface area contributed by atoms with Crippen molar-refractivity contribution in [2.75, 3.05) is 6.61 Å². The predicted molar refractivity (Wildman–Crippen MR) is 43.6 cm³/mol. The van der Waals surface area contributed by atoms with E-state index in [4.69, 9.17) is 10.5 Å². The molecule has 0 aliphatic heterocycles. The Morgan fingerprint density at radius 2 is 2.36 bits per heavy atom. The summed E-state index contributed by atoms with van der Waals surface area (Å²) in [5.74, 6) is 0. The summed E-state index contributed by atoms with van der Waals surface area (Å²) in [6.07, 6.45) is 0.984. The summed E-state index contributed by atoms with van der Waals surface area (Å²) in [4.78, 5) is 0. The fourth-order valence-corrected chi connectivity index (χ4v) is 1.16. The average Bonchev–Trinajstić information content (AvgIpc) is 2.48. The van der Waals surface area contributed by atoms with Crippen LogP contribution in [0.25, 0.3) is 0 Å². The van der Waals surface area contributed by atoms with Crippen molar-refractivity contribution in [3.8, 4) is 5.19 Å². The largest absolute Gasteiger partial charge is 0.469 e. The number of rotatable bonds is 4. The van der Waals surface area contributed by atoms with Gasteiger partial charge in [0.1, 0.15) is 5.01 Å². The van der Waals surface area contributed by atoms with E-state index in [-0.39, 0.29) is 0 Å². The van der Waals surface area contributed by atoms with Gasteiger partial charge in [0.2, 0.25) is 0 Å². The zero-order chi connectivity index (χ0) is 8.10.